The van der Waals surface area contributed by atoms with Crippen LogP contribution in [0.15, 0.2) is 30.3 Å². The van der Waals surface area contributed by atoms with Crippen LogP contribution in [0, 0.1) is 5.92 Å². The van der Waals surface area contributed by atoms with Crippen molar-refractivity contribution in [1.29, 1.82) is 0 Å². The maximum Gasteiger partial charge on any atom is 0.329 e. The molecule has 9 heteroatoms. The molecule has 36 heavy (non-hydrogen) atoms. The Bertz CT molecular complexity index is 881. The molecule has 1 saturated heterocycles. The largest absolute Gasteiger partial charge is 0.460 e. The van der Waals surface area contributed by atoms with E-state index in [0.29, 0.717) is 12.2 Å². The van der Waals surface area contributed by atoms with E-state index in [1.165, 1.54) is 4.90 Å². The molecule has 200 valence electrons. The third-order valence-corrected chi connectivity index (χ3v) is 7.29. The molecule has 0 saturated carbocycles. The topological polar surface area (TPSA) is 105 Å². The lowest BCUT2D eigenvalue weighted by molar-refractivity contribution is -0.162. The zero-order valence-electron chi connectivity index (χ0n) is 22.1. The minimum absolute atomic E-state index is 0.0440. The van der Waals surface area contributed by atoms with Crippen molar-refractivity contribution in [2.45, 2.75) is 83.5 Å². The summed E-state index contributed by atoms with van der Waals surface area (Å²) in [5.74, 6) is -1.09. The van der Waals surface area contributed by atoms with E-state index in [0.717, 1.165) is 24.8 Å². The van der Waals surface area contributed by atoms with E-state index in [-0.39, 0.29) is 30.6 Å². The third-order valence-electron chi connectivity index (χ3n) is 6.65. The Kier molecular flexibility index (Phi) is 12.3. The summed E-state index contributed by atoms with van der Waals surface area (Å²) >= 11 is 1.57. The van der Waals surface area contributed by atoms with Crippen LogP contribution in [0.25, 0.3) is 0 Å². The van der Waals surface area contributed by atoms with Gasteiger partial charge in [0.2, 0.25) is 17.7 Å². The molecule has 0 unspecified atom stereocenters. The van der Waals surface area contributed by atoms with Gasteiger partial charge in [-0.3, -0.25) is 14.4 Å². The SMILES string of the molecule is CCCC[C@H](C)[C@H]1CC(=O)N[C@@H](Cc2ccccc2)C(=O)N[C@@H](C)C(=O)N(C)[C@@H](CCSC)C(=O)O1. The summed E-state index contributed by atoms with van der Waals surface area (Å²) in [6.45, 7) is 5.65. The van der Waals surface area contributed by atoms with Crippen LogP contribution in [-0.2, 0) is 30.3 Å². The Morgan fingerprint density at radius 2 is 1.83 bits per heavy atom. The summed E-state index contributed by atoms with van der Waals surface area (Å²) in [5.41, 5.74) is 0.884. The average Bonchev–Trinajstić information content (AvgIpc) is 2.86. The molecule has 0 radical (unpaired) electrons. The molecule has 2 rings (SSSR count). The van der Waals surface area contributed by atoms with Gasteiger partial charge in [0.1, 0.15) is 24.2 Å². The number of nitrogens with one attached hydrogen (secondary N) is 2. The van der Waals surface area contributed by atoms with Gasteiger partial charge in [0.05, 0.1) is 6.42 Å². The first kappa shape index (κ1) is 29.7. The van der Waals surface area contributed by atoms with Gasteiger partial charge in [-0.25, -0.2) is 4.79 Å². The van der Waals surface area contributed by atoms with Gasteiger partial charge in [0.15, 0.2) is 0 Å². The second kappa shape index (κ2) is 14.9. The lowest BCUT2D eigenvalue weighted by Gasteiger charge is -2.31. The maximum atomic E-state index is 13.3. The number of amides is 3. The van der Waals surface area contributed by atoms with Gasteiger partial charge in [-0.15, -0.1) is 0 Å². The first-order chi connectivity index (χ1) is 17.2. The van der Waals surface area contributed by atoms with Gasteiger partial charge < -0.3 is 20.3 Å². The van der Waals surface area contributed by atoms with Crippen molar-refractivity contribution >= 4 is 35.5 Å². The smallest absolute Gasteiger partial charge is 0.329 e. The number of ether oxygens (including phenoxy) is 1. The van der Waals surface area contributed by atoms with E-state index < -0.39 is 36.1 Å². The molecule has 1 aliphatic rings. The first-order valence-corrected chi connectivity index (χ1v) is 14.2. The highest BCUT2D eigenvalue weighted by atomic mass is 32.2. The molecule has 1 aromatic rings. The molecule has 5 atom stereocenters. The van der Waals surface area contributed by atoms with E-state index >= 15 is 0 Å². The Balaban J connectivity index is 2.39. The lowest BCUT2D eigenvalue weighted by atomic mass is 9.95. The summed E-state index contributed by atoms with van der Waals surface area (Å²) in [4.78, 5) is 54.2. The number of rotatable bonds is 9. The summed E-state index contributed by atoms with van der Waals surface area (Å²) in [7, 11) is 1.57. The predicted molar refractivity (Wildman–Crippen MR) is 142 cm³/mol. The van der Waals surface area contributed by atoms with Gasteiger partial charge in [-0.1, -0.05) is 57.0 Å². The van der Waals surface area contributed by atoms with Crippen molar-refractivity contribution in [1.82, 2.24) is 15.5 Å². The highest BCUT2D eigenvalue weighted by molar-refractivity contribution is 7.98. The van der Waals surface area contributed by atoms with Crippen LogP contribution in [0.3, 0.4) is 0 Å². The van der Waals surface area contributed by atoms with Crippen LogP contribution in [0.5, 0.6) is 0 Å². The second-order valence-electron chi connectivity index (χ2n) is 9.59. The maximum absolute atomic E-state index is 13.3. The normalized spacial score (nSPS) is 25.1. The van der Waals surface area contributed by atoms with Crippen molar-refractivity contribution in [2.24, 2.45) is 5.92 Å². The van der Waals surface area contributed by atoms with E-state index in [1.807, 2.05) is 43.5 Å². The number of esters is 1. The zero-order chi connectivity index (χ0) is 26.7. The fourth-order valence-electron chi connectivity index (χ4n) is 4.33. The first-order valence-electron chi connectivity index (χ1n) is 12.8. The molecular formula is C27H41N3O5S. The predicted octanol–water partition coefficient (Wildman–Crippen LogP) is 2.94. The van der Waals surface area contributed by atoms with Gasteiger partial charge >= 0.3 is 5.97 Å². The molecular weight excluding hydrogens is 478 g/mol. The summed E-state index contributed by atoms with van der Waals surface area (Å²) in [6.07, 6.45) is 4.67. The second-order valence-corrected chi connectivity index (χ2v) is 10.6. The number of unbranched alkanes of at least 4 members (excludes halogenated alkanes) is 1. The van der Waals surface area contributed by atoms with Crippen LogP contribution in [-0.4, -0.2) is 71.9 Å². The lowest BCUT2D eigenvalue weighted by Crippen LogP contribution is -2.55. The average molecular weight is 520 g/mol. The van der Waals surface area contributed by atoms with Gasteiger partial charge in [0, 0.05) is 13.5 Å². The molecule has 1 aromatic carbocycles. The molecule has 2 N–H and O–H groups in total. The molecule has 0 bridgehead atoms. The quantitative estimate of drug-likeness (QED) is 0.486. The van der Waals surface area contributed by atoms with E-state index in [9.17, 15) is 19.2 Å². The molecule has 1 fully saturated rings. The van der Waals surface area contributed by atoms with Crippen molar-refractivity contribution in [3.8, 4) is 0 Å². The van der Waals surface area contributed by atoms with Crippen molar-refractivity contribution in [3.63, 3.8) is 0 Å². The Hall–Kier alpha value is -2.55. The van der Waals surface area contributed by atoms with Crippen molar-refractivity contribution in [3.05, 3.63) is 35.9 Å². The minimum Gasteiger partial charge on any atom is -0.460 e. The van der Waals surface area contributed by atoms with Crippen molar-refractivity contribution < 1.29 is 23.9 Å². The summed E-state index contributed by atoms with van der Waals surface area (Å²) in [6, 6.07) is 6.86. The third kappa shape index (κ3) is 8.84. The number of likely N-dealkylation sites (N-methyl/N-ethyl adjacent to an activating group) is 1. The monoisotopic (exact) mass is 519 g/mol. The standard InChI is InChI=1S/C27H41N3O5S/c1-6-7-11-18(2)23-17-24(31)29-21(16-20-12-9-8-10-13-20)25(32)28-19(3)26(33)30(4)22(14-15-36-5)27(34)35-23/h8-10,12-13,18-19,21-23H,6-7,11,14-17H2,1-5H3,(H,28,32)(H,29,31)/t18-,19-,21-,22-,23+/m0/s1. The fraction of sp³-hybridized carbons (Fsp3) is 0.630. The molecule has 0 aliphatic carbocycles. The molecule has 1 aliphatic heterocycles. The van der Waals surface area contributed by atoms with Crippen LogP contribution in [0.4, 0.5) is 0 Å². The summed E-state index contributed by atoms with van der Waals surface area (Å²) < 4.78 is 5.93. The fourth-order valence-corrected chi connectivity index (χ4v) is 4.79. The van der Waals surface area contributed by atoms with Crippen LogP contribution in [0.2, 0.25) is 0 Å². The van der Waals surface area contributed by atoms with Crippen molar-refractivity contribution in [2.75, 3.05) is 19.1 Å². The number of nitrogens with zero attached hydrogens (tertiary/aromatic N) is 1. The number of carbonyl (C=O) groups is 4. The Morgan fingerprint density at radius 1 is 1.14 bits per heavy atom. The Labute approximate surface area is 219 Å². The van der Waals surface area contributed by atoms with Crippen LogP contribution in [0.1, 0.15) is 58.4 Å². The minimum atomic E-state index is -0.873. The van der Waals surface area contributed by atoms with Crippen LogP contribution >= 0.6 is 11.8 Å². The molecule has 3 amide bonds. The summed E-state index contributed by atoms with van der Waals surface area (Å²) in [5, 5.41) is 5.57. The van der Waals surface area contributed by atoms with Gasteiger partial charge in [0.25, 0.3) is 0 Å². The molecule has 8 nitrogen and oxygen atoms in total. The number of hydrogen-bond donors (Lipinski definition) is 2. The number of thioether (sulfide) groups is 1. The molecule has 0 spiro atoms. The van der Waals surface area contributed by atoms with Gasteiger partial charge in [-0.05, 0) is 43.3 Å². The van der Waals surface area contributed by atoms with Gasteiger partial charge in [-0.2, -0.15) is 11.8 Å². The number of benzene rings is 1. The molecule has 1 heterocycles. The highest BCUT2D eigenvalue weighted by Gasteiger charge is 2.36. The number of carbonyl (C=O) groups excluding carboxylic acids is 4. The zero-order valence-corrected chi connectivity index (χ0v) is 22.9. The highest BCUT2D eigenvalue weighted by Crippen LogP contribution is 2.21. The molecule has 0 aromatic heterocycles. The van der Waals surface area contributed by atoms with E-state index in [1.54, 1.807) is 25.7 Å². The number of hydrogen-bond acceptors (Lipinski definition) is 6. The van der Waals surface area contributed by atoms with E-state index in [4.69, 9.17) is 4.74 Å². The van der Waals surface area contributed by atoms with E-state index in [2.05, 4.69) is 17.6 Å². The Morgan fingerprint density at radius 3 is 2.47 bits per heavy atom. The van der Waals surface area contributed by atoms with Crippen LogP contribution < -0.4 is 10.6 Å². The number of cyclic esters (lactones) is 1.